The predicted octanol–water partition coefficient (Wildman–Crippen LogP) is 4.11. The van der Waals surface area contributed by atoms with Gasteiger partial charge in [-0.15, -0.1) is 0 Å². The molecule has 0 bridgehead atoms. The number of benzene rings is 1. The van der Waals surface area contributed by atoms with Gasteiger partial charge in [0.2, 0.25) is 0 Å². The summed E-state index contributed by atoms with van der Waals surface area (Å²) in [6, 6.07) is 6.53. The summed E-state index contributed by atoms with van der Waals surface area (Å²) < 4.78 is 4.13. The number of hydrogen-bond donors (Lipinski definition) is 1. The first kappa shape index (κ1) is 16.6. The molecule has 1 unspecified atom stereocenters. The Bertz CT molecular complexity index is 583. The van der Waals surface area contributed by atoms with E-state index in [4.69, 9.17) is 0 Å². The van der Waals surface area contributed by atoms with Gasteiger partial charge in [-0.3, -0.25) is 4.68 Å². The first-order valence-corrected chi connectivity index (χ1v) is 8.79. The van der Waals surface area contributed by atoms with Crippen molar-refractivity contribution in [2.75, 3.05) is 6.54 Å². The molecule has 0 amide bonds. The van der Waals surface area contributed by atoms with Gasteiger partial charge in [0.15, 0.2) is 0 Å². The van der Waals surface area contributed by atoms with Gasteiger partial charge in [-0.2, -0.15) is 5.10 Å². The third-order valence-corrected chi connectivity index (χ3v) is 4.54. The fraction of sp³-hybridized carbons (Fsp3) is 0.467. The van der Waals surface area contributed by atoms with Crippen molar-refractivity contribution in [3.63, 3.8) is 0 Å². The normalized spacial score (nSPS) is 12.6. The molecule has 0 aliphatic heterocycles. The standard InChI is InChI=1S/C15H20Br2N4/c1-3-7-18-14(9-15-19-10-20-21(15)4-2)12-6-5-11(16)8-13(12)17/h5-6,8,10,14,18H,3-4,7,9H2,1-2H3. The number of nitrogens with one attached hydrogen (secondary N) is 1. The zero-order valence-electron chi connectivity index (χ0n) is 12.3. The van der Waals surface area contributed by atoms with E-state index < -0.39 is 0 Å². The fourth-order valence-electron chi connectivity index (χ4n) is 2.29. The molecule has 4 nitrogen and oxygen atoms in total. The van der Waals surface area contributed by atoms with Crippen molar-refractivity contribution in [3.05, 3.63) is 44.9 Å². The third-order valence-electron chi connectivity index (χ3n) is 3.36. The van der Waals surface area contributed by atoms with E-state index in [1.54, 1.807) is 6.33 Å². The minimum atomic E-state index is 0.224. The monoisotopic (exact) mass is 414 g/mol. The number of hydrogen-bond acceptors (Lipinski definition) is 3. The Labute approximate surface area is 142 Å². The van der Waals surface area contributed by atoms with E-state index in [0.29, 0.717) is 0 Å². The SMILES string of the molecule is CCCNC(Cc1ncnn1CC)c1ccc(Br)cc1Br. The first-order chi connectivity index (χ1) is 10.2. The first-order valence-electron chi connectivity index (χ1n) is 7.20. The van der Waals surface area contributed by atoms with Crippen molar-refractivity contribution < 1.29 is 0 Å². The summed E-state index contributed by atoms with van der Waals surface area (Å²) in [4.78, 5) is 4.39. The highest BCUT2D eigenvalue weighted by Crippen LogP contribution is 2.28. The van der Waals surface area contributed by atoms with Crippen molar-refractivity contribution in [1.82, 2.24) is 20.1 Å². The lowest BCUT2D eigenvalue weighted by Crippen LogP contribution is -2.25. The lowest BCUT2D eigenvalue weighted by atomic mass is 10.0. The summed E-state index contributed by atoms with van der Waals surface area (Å²) in [6.45, 7) is 6.09. The van der Waals surface area contributed by atoms with Crippen molar-refractivity contribution in [2.24, 2.45) is 0 Å². The minimum Gasteiger partial charge on any atom is -0.310 e. The van der Waals surface area contributed by atoms with E-state index in [1.165, 1.54) is 5.56 Å². The molecule has 1 aromatic carbocycles. The molecule has 114 valence electrons. The molecule has 2 rings (SSSR count). The summed E-state index contributed by atoms with van der Waals surface area (Å²) in [5, 5.41) is 7.87. The van der Waals surface area contributed by atoms with Crippen molar-refractivity contribution >= 4 is 31.9 Å². The van der Waals surface area contributed by atoms with Gasteiger partial charge < -0.3 is 5.32 Å². The Morgan fingerprint density at radius 1 is 1.29 bits per heavy atom. The molecule has 0 saturated heterocycles. The molecule has 2 aromatic rings. The summed E-state index contributed by atoms with van der Waals surface area (Å²) in [5.41, 5.74) is 1.25. The van der Waals surface area contributed by atoms with Gasteiger partial charge in [0.1, 0.15) is 12.2 Å². The van der Waals surface area contributed by atoms with Gasteiger partial charge in [-0.05, 0) is 37.6 Å². The van der Waals surface area contributed by atoms with Crippen molar-refractivity contribution in [1.29, 1.82) is 0 Å². The van der Waals surface area contributed by atoms with Crippen LogP contribution in [-0.4, -0.2) is 21.3 Å². The maximum absolute atomic E-state index is 4.39. The second kappa shape index (κ2) is 8.06. The van der Waals surface area contributed by atoms with E-state index in [9.17, 15) is 0 Å². The Kier molecular flexibility index (Phi) is 6.39. The molecule has 1 N–H and O–H groups in total. The average Bonchev–Trinajstić information content (AvgIpc) is 2.91. The van der Waals surface area contributed by atoms with Gasteiger partial charge >= 0.3 is 0 Å². The van der Waals surface area contributed by atoms with Gasteiger partial charge in [0.25, 0.3) is 0 Å². The highest BCUT2D eigenvalue weighted by atomic mass is 79.9. The van der Waals surface area contributed by atoms with Crippen LogP contribution in [0.4, 0.5) is 0 Å². The highest BCUT2D eigenvalue weighted by Gasteiger charge is 2.17. The van der Waals surface area contributed by atoms with Crippen LogP contribution < -0.4 is 5.32 Å². The molecular formula is C15H20Br2N4. The Morgan fingerprint density at radius 3 is 2.76 bits per heavy atom. The number of aryl methyl sites for hydroxylation is 1. The topological polar surface area (TPSA) is 42.7 Å². The minimum absolute atomic E-state index is 0.224. The molecule has 0 fully saturated rings. The molecule has 21 heavy (non-hydrogen) atoms. The summed E-state index contributed by atoms with van der Waals surface area (Å²) in [6.07, 6.45) is 3.56. The van der Waals surface area contributed by atoms with E-state index in [2.05, 4.69) is 79.3 Å². The van der Waals surface area contributed by atoms with E-state index in [-0.39, 0.29) is 6.04 Å². The maximum atomic E-state index is 4.39. The van der Waals surface area contributed by atoms with E-state index in [0.717, 1.165) is 40.7 Å². The summed E-state index contributed by atoms with van der Waals surface area (Å²) in [7, 11) is 0. The predicted molar refractivity (Wildman–Crippen MR) is 92.3 cm³/mol. The highest BCUT2D eigenvalue weighted by molar-refractivity contribution is 9.11. The molecule has 0 radical (unpaired) electrons. The lowest BCUT2D eigenvalue weighted by molar-refractivity contribution is 0.495. The second-order valence-corrected chi connectivity index (χ2v) is 6.64. The van der Waals surface area contributed by atoms with Crippen LogP contribution in [0.1, 0.15) is 37.7 Å². The maximum Gasteiger partial charge on any atom is 0.138 e. The number of rotatable bonds is 7. The largest absolute Gasteiger partial charge is 0.310 e. The Morgan fingerprint density at radius 2 is 2.10 bits per heavy atom. The molecule has 0 aliphatic rings. The molecule has 1 atom stereocenters. The molecule has 6 heteroatoms. The van der Waals surface area contributed by atoms with Crippen molar-refractivity contribution in [3.8, 4) is 0 Å². The number of nitrogens with zero attached hydrogens (tertiary/aromatic N) is 3. The van der Waals surface area contributed by atoms with Crippen LogP contribution in [0.5, 0.6) is 0 Å². The van der Waals surface area contributed by atoms with Gasteiger partial charge in [0, 0.05) is 28.0 Å². The van der Waals surface area contributed by atoms with Crippen LogP contribution in [0.2, 0.25) is 0 Å². The fourth-order valence-corrected chi connectivity index (χ4v) is 3.61. The Hall–Kier alpha value is -0.720. The van der Waals surface area contributed by atoms with Gasteiger partial charge in [0.05, 0.1) is 0 Å². The summed E-state index contributed by atoms with van der Waals surface area (Å²) in [5.74, 6) is 1.01. The number of aromatic nitrogens is 3. The van der Waals surface area contributed by atoms with Crippen LogP contribution in [0.3, 0.4) is 0 Å². The zero-order valence-corrected chi connectivity index (χ0v) is 15.5. The molecule has 1 aromatic heterocycles. The van der Waals surface area contributed by atoms with Crippen LogP contribution in [-0.2, 0) is 13.0 Å². The second-order valence-electron chi connectivity index (χ2n) is 4.87. The zero-order chi connectivity index (χ0) is 15.2. The molecule has 0 saturated carbocycles. The van der Waals surface area contributed by atoms with Crippen LogP contribution in [0.25, 0.3) is 0 Å². The van der Waals surface area contributed by atoms with Crippen LogP contribution in [0, 0.1) is 0 Å². The summed E-state index contributed by atoms with van der Waals surface area (Å²) >= 11 is 7.17. The number of halogens is 2. The van der Waals surface area contributed by atoms with E-state index >= 15 is 0 Å². The third kappa shape index (κ3) is 4.37. The van der Waals surface area contributed by atoms with Crippen LogP contribution in [0.15, 0.2) is 33.5 Å². The van der Waals surface area contributed by atoms with Crippen molar-refractivity contribution in [2.45, 2.75) is 39.3 Å². The smallest absolute Gasteiger partial charge is 0.138 e. The lowest BCUT2D eigenvalue weighted by Gasteiger charge is -2.20. The molecule has 0 aliphatic carbocycles. The van der Waals surface area contributed by atoms with E-state index in [1.807, 2.05) is 4.68 Å². The van der Waals surface area contributed by atoms with Gasteiger partial charge in [-0.25, -0.2) is 4.98 Å². The molecule has 0 spiro atoms. The average molecular weight is 416 g/mol. The Balaban J connectivity index is 2.25. The quantitative estimate of drug-likeness (QED) is 0.739. The van der Waals surface area contributed by atoms with Gasteiger partial charge in [-0.1, -0.05) is 44.8 Å². The van der Waals surface area contributed by atoms with Crippen LogP contribution >= 0.6 is 31.9 Å². The molecule has 1 heterocycles. The molecular weight excluding hydrogens is 396 g/mol.